The predicted octanol–water partition coefficient (Wildman–Crippen LogP) is -3.16. The zero-order valence-corrected chi connectivity index (χ0v) is 18.6. The maximum Gasteiger partial charge on any atom is 0.328 e. The van der Waals surface area contributed by atoms with Crippen LogP contribution in [0.15, 0.2) is 12.5 Å². The fraction of sp³-hybridized carbons (Fsp3) is 0.650. The molecule has 15 heteroatoms. The minimum Gasteiger partial charge on any atom is -0.480 e. The molecule has 10 N–H and O–H groups in total. The summed E-state index contributed by atoms with van der Waals surface area (Å²) < 4.78 is 7.09. The molecule has 1 saturated heterocycles. The van der Waals surface area contributed by atoms with Crippen molar-refractivity contribution in [3.05, 3.63) is 12.5 Å². The highest BCUT2D eigenvalue weighted by Gasteiger charge is 2.56. The second-order valence-electron chi connectivity index (χ2n) is 9.02. The normalized spacial score (nSPS) is 32.9. The summed E-state index contributed by atoms with van der Waals surface area (Å²) in [4.78, 5) is 36.9. The van der Waals surface area contributed by atoms with Crippen LogP contribution in [0.5, 0.6) is 0 Å². The van der Waals surface area contributed by atoms with E-state index in [2.05, 4.69) is 20.3 Å². The van der Waals surface area contributed by atoms with Crippen LogP contribution < -0.4 is 16.8 Å². The molecule has 0 radical (unpaired) electrons. The van der Waals surface area contributed by atoms with E-state index in [4.69, 9.17) is 16.2 Å². The largest absolute Gasteiger partial charge is 0.480 e. The molecular formula is C20H29N7O8. The van der Waals surface area contributed by atoms with Gasteiger partial charge in [-0.25, -0.2) is 14.8 Å². The van der Waals surface area contributed by atoms with E-state index >= 15 is 0 Å². The number of fused-ring (bicyclic) bond motifs is 1. The molecule has 0 spiro atoms. The van der Waals surface area contributed by atoms with Crippen LogP contribution in [0.1, 0.15) is 31.9 Å². The molecule has 1 saturated carbocycles. The molecule has 192 valence electrons. The maximum absolute atomic E-state index is 12.8. The predicted molar refractivity (Wildman–Crippen MR) is 117 cm³/mol. The maximum atomic E-state index is 12.8. The zero-order chi connectivity index (χ0) is 25.5. The van der Waals surface area contributed by atoms with Crippen molar-refractivity contribution in [3.8, 4) is 0 Å². The van der Waals surface area contributed by atoms with Crippen LogP contribution in [0.3, 0.4) is 0 Å². The minimum absolute atomic E-state index is 0.107. The van der Waals surface area contributed by atoms with E-state index in [-0.39, 0.29) is 17.1 Å². The second kappa shape index (κ2) is 9.60. The van der Waals surface area contributed by atoms with Crippen LogP contribution >= 0.6 is 0 Å². The van der Waals surface area contributed by atoms with E-state index in [0.717, 1.165) is 6.42 Å². The quantitative estimate of drug-likeness (QED) is 0.189. The number of aromatic nitrogens is 4. The van der Waals surface area contributed by atoms with Crippen LogP contribution in [-0.2, 0) is 14.3 Å². The Hall–Kier alpha value is -2.95. The van der Waals surface area contributed by atoms with E-state index in [1.54, 1.807) is 0 Å². The summed E-state index contributed by atoms with van der Waals surface area (Å²) in [7, 11) is 0. The molecule has 2 unspecified atom stereocenters. The lowest BCUT2D eigenvalue weighted by atomic mass is 9.79. The summed E-state index contributed by atoms with van der Waals surface area (Å²) in [5, 5.41) is 54.5. The Morgan fingerprint density at radius 3 is 2.71 bits per heavy atom. The molecule has 4 rings (SSSR count). The Kier molecular flexibility index (Phi) is 6.90. The summed E-state index contributed by atoms with van der Waals surface area (Å²) >= 11 is 0. The number of hydrogen-bond acceptors (Lipinski definition) is 12. The lowest BCUT2D eigenvalue weighted by Crippen LogP contribution is -2.66. The number of anilines is 1. The number of imidazole rings is 1. The third-order valence-corrected chi connectivity index (χ3v) is 6.83. The van der Waals surface area contributed by atoms with Gasteiger partial charge in [-0.15, -0.1) is 0 Å². The number of ether oxygens (including phenoxy) is 1. The average Bonchev–Trinajstić information content (AvgIpc) is 3.44. The van der Waals surface area contributed by atoms with Crippen molar-refractivity contribution in [3.63, 3.8) is 0 Å². The van der Waals surface area contributed by atoms with Gasteiger partial charge in [-0.05, 0) is 12.8 Å². The lowest BCUT2D eigenvalue weighted by molar-refractivity contribution is -0.273. The standard InChI is InChI=1S/C20H29N7O8/c21-9-3-1-2-8(9)16(31)25-13(18(32)33)11-4-20(34,12(29)6-28)14(30)17(35-11)27-7-24-10-5-23-19(22)26-15(10)27/h5,7-9,11-14,17,28-30,34H,1-4,6,21H2,(H,25,31)(H,32,33)(H2,22,23,26)/t8-,9+,11-,12?,13?,14-,17+,20+/m0/s1. The number of carbonyl (C=O) groups is 2. The first-order chi connectivity index (χ1) is 16.6. The number of carbonyl (C=O) groups excluding carboxylic acids is 1. The Morgan fingerprint density at radius 2 is 2.09 bits per heavy atom. The Morgan fingerprint density at radius 1 is 1.34 bits per heavy atom. The van der Waals surface area contributed by atoms with Crippen LogP contribution in [-0.4, -0.2) is 99.5 Å². The first-order valence-corrected chi connectivity index (χ1v) is 11.2. The van der Waals surface area contributed by atoms with Crippen molar-refractivity contribution >= 4 is 29.0 Å². The second-order valence-corrected chi connectivity index (χ2v) is 9.02. The monoisotopic (exact) mass is 495 g/mol. The number of aliphatic carboxylic acids is 1. The van der Waals surface area contributed by atoms with E-state index in [0.29, 0.717) is 12.8 Å². The van der Waals surface area contributed by atoms with Crippen molar-refractivity contribution in [2.24, 2.45) is 11.7 Å². The number of nitrogen functional groups attached to an aromatic ring is 1. The van der Waals surface area contributed by atoms with Crippen LogP contribution in [0.2, 0.25) is 0 Å². The lowest BCUT2D eigenvalue weighted by Gasteiger charge is -2.48. The molecule has 1 aliphatic heterocycles. The summed E-state index contributed by atoms with van der Waals surface area (Å²) in [5.74, 6) is -2.74. The molecule has 8 atom stereocenters. The molecule has 2 fully saturated rings. The molecular weight excluding hydrogens is 466 g/mol. The number of nitrogens with one attached hydrogen (secondary N) is 1. The van der Waals surface area contributed by atoms with Gasteiger partial charge in [0.25, 0.3) is 0 Å². The average molecular weight is 495 g/mol. The minimum atomic E-state index is -2.42. The van der Waals surface area contributed by atoms with Crippen molar-refractivity contribution in [2.75, 3.05) is 12.3 Å². The molecule has 35 heavy (non-hydrogen) atoms. The van der Waals surface area contributed by atoms with Gasteiger partial charge in [0, 0.05) is 12.5 Å². The number of aliphatic hydroxyl groups is 4. The molecule has 2 aliphatic rings. The first-order valence-electron chi connectivity index (χ1n) is 11.2. The van der Waals surface area contributed by atoms with E-state index in [1.165, 1.54) is 17.1 Å². The fourth-order valence-electron chi connectivity index (χ4n) is 4.81. The van der Waals surface area contributed by atoms with Gasteiger partial charge in [0.2, 0.25) is 11.9 Å². The molecule has 0 bridgehead atoms. The van der Waals surface area contributed by atoms with Gasteiger partial charge in [0.15, 0.2) is 17.9 Å². The number of hydrogen-bond donors (Lipinski definition) is 8. The van der Waals surface area contributed by atoms with Gasteiger partial charge < -0.3 is 47.1 Å². The molecule has 0 aromatic carbocycles. The zero-order valence-electron chi connectivity index (χ0n) is 18.6. The number of carboxylic acids is 1. The topological polar surface area (TPSA) is 252 Å². The summed E-state index contributed by atoms with van der Waals surface area (Å²) in [6.45, 7) is -0.937. The Bertz CT molecular complexity index is 1100. The highest BCUT2D eigenvalue weighted by molar-refractivity contribution is 5.86. The van der Waals surface area contributed by atoms with Gasteiger partial charge in [-0.1, -0.05) is 6.42 Å². The van der Waals surface area contributed by atoms with Gasteiger partial charge >= 0.3 is 5.97 Å². The molecule has 2 aromatic heterocycles. The molecule has 1 aliphatic carbocycles. The molecule has 2 aromatic rings. The van der Waals surface area contributed by atoms with E-state index < -0.39 is 73.0 Å². The Labute approximate surface area is 198 Å². The molecule has 1 amide bonds. The van der Waals surface area contributed by atoms with Crippen molar-refractivity contribution < 1.29 is 39.9 Å². The van der Waals surface area contributed by atoms with E-state index in [9.17, 15) is 35.1 Å². The number of nitrogens with two attached hydrogens (primary N) is 2. The number of rotatable bonds is 7. The number of carboxylic acid groups (broad SMARTS) is 1. The first kappa shape index (κ1) is 25.2. The fourth-order valence-corrected chi connectivity index (χ4v) is 4.81. The van der Waals surface area contributed by atoms with Crippen molar-refractivity contribution in [1.29, 1.82) is 0 Å². The third-order valence-electron chi connectivity index (χ3n) is 6.83. The summed E-state index contributed by atoms with van der Waals surface area (Å²) in [5.41, 5.74) is 9.59. The molecule has 3 heterocycles. The third kappa shape index (κ3) is 4.53. The van der Waals surface area contributed by atoms with Crippen molar-refractivity contribution in [1.82, 2.24) is 24.8 Å². The van der Waals surface area contributed by atoms with Gasteiger partial charge in [0.05, 0.1) is 31.2 Å². The summed E-state index contributed by atoms with van der Waals surface area (Å²) in [6, 6.07) is -2.08. The van der Waals surface area contributed by atoms with Crippen LogP contribution in [0.4, 0.5) is 5.95 Å². The van der Waals surface area contributed by atoms with Crippen LogP contribution in [0, 0.1) is 5.92 Å². The van der Waals surface area contributed by atoms with Crippen LogP contribution in [0.25, 0.3) is 11.2 Å². The number of amides is 1. The van der Waals surface area contributed by atoms with Crippen molar-refractivity contribution in [2.45, 2.75) is 67.9 Å². The van der Waals surface area contributed by atoms with Gasteiger partial charge in [-0.3, -0.25) is 9.36 Å². The number of aliphatic hydroxyl groups excluding tert-OH is 3. The highest BCUT2D eigenvalue weighted by atomic mass is 16.5. The highest BCUT2D eigenvalue weighted by Crippen LogP contribution is 2.39. The summed E-state index contributed by atoms with van der Waals surface area (Å²) in [6.07, 6.45) is -2.91. The Balaban J connectivity index is 1.70. The SMILES string of the molecule is Nc1ncc2ncn([C@@H]3O[C@H](C(NC(=O)[C@H]4CCC[C@H]4N)C(=O)O)C[C@@](O)(C(O)CO)[C@H]3O)c2n1. The smallest absolute Gasteiger partial charge is 0.328 e. The number of nitrogens with zero attached hydrogens (tertiary/aromatic N) is 4. The van der Waals surface area contributed by atoms with Gasteiger partial charge in [-0.2, -0.15) is 4.98 Å². The molecule has 15 nitrogen and oxygen atoms in total. The van der Waals surface area contributed by atoms with Gasteiger partial charge in [0.1, 0.15) is 23.3 Å². The van der Waals surface area contributed by atoms with E-state index in [1.807, 2.05) is 0 Å².